The van der Waals surface area contributed by atoms with E-state index in [9.17, 15) is 8.42 Å². The average molecular weight is 369 g/mol. The molecule has 0 aliphatic heterocycles. The van der Waals surface area contributed by atoms with E-state index in [1.54, 1.807) is 18.3 Å². The highest BCUT2D eigenvalue weighted by atomic mass is 32.2. The van der Waals surface area contributed by atoms with Crippen LogP contribution in [0.4, 0.5) is 0 Å². The summed E-state index contributed by atoms with van der Waals surface area (Å²) in [6, 6.07) is 11.7. The van der Waals surface area contributed by atoms with E-state index in [-0.39, 0.29) is 10.3 Å². The summed E-state index contributed by atoms with van der Waals surface area (Å²) in [5, 5.41) is 5.48. The fraction of sp³-hybridized carbons (Fsp3) is 0.381. The first kappa shape index (κ1) is 17.4. The lowest BCUT2D eigenvalue weighted by molar-refractivity contribution is 0.329. The molecule has 0 unspecified atom stereocenters. The fourth-order valence-corrected chi connectivity index (χ4v) is 5.32. The molecule has 0 amide bonds. The minimum absolute atomic E-state index is 0.134. The van der Waals surface area contributed by atoms with Gasteiger partial charge in [0, 0.05) is 6.20 Å². The van der Waals surface area contributed by atoms with Crippen LogP contribution in [0.25, 0.3) is 11.1 Å². The van der Waals surface area contributed by atoms with Gasteiger partial charge in [0.05, 0.1) is 5.69 Å². The van der Waals surface area contributed by atoms with Crippen LogP contribution < -0.4 is 5.14 Å². The van der Waals surface area contributed by atoms with Crippen molar-refractivity contribution >= 4 is 21.2 Å². The second-order valence-electron chi connectivity index (χ2n) is 7.78. The summed E-state index contributed by atoms with van der Waals surface area (Å²) in [6.07, 6.45) is 8.43. The first-order chi connectivity index (χ1) is 12.4. The molecule has 1 heterocycles. The third-order valence-electron chi connectivity index (χ3n) is 5.90. The van der Waals surface area contributed by atoms with Gasteiger partial charge in [0.1, 0.15) is 4.90 Å². The number of hydrogen-bond donors (Lipinski definition) is 1. The number of allylic oxidation sites excluding steroid dienone is 2. The first-order valence-electron chi connectivity index (χ1n) is 9.15. The van der Waals surface area contributed by atoms with Gasteiger partial charge in [-0.3, -0.25) is 4.98 Å². The Morgan fingerprint density at radius 3 is 2.31 bits per heavy atom. The quantitative estimate of drug-likeness (QED) is 0.878. The van der Waals surface area contributed by atoms with E-state index in [0.29, 0.717) is 5.69 Å². The number of rotatable bonds is 3. The van der Waals surface area contributed by atoms with Crippen molar-refractivity contribution < 1.29 is 8.42 Å². The summed E-state index contributed by atoms with van der Waals surface area (Å²) < 4.78 is 24.3. The Labute approximate surface area is 155 Å². The summed E-state index contributed by atoms with van der Waals surface area (Å²) in [6.45, 7) is 2.07. The monoisotopic (exact) mass is 368 g/mol. The molecule has 1 fully saturated rings. The highest BCUT2D eigenvalue weighted by molar-refractivity contribution is 7.89. The molecule has 1 aromatic heterocycles. The van der Waals surface area contributed by atoms with Crippen molar-refractivity contribution in [2.75, 3.05) is 0 Å². The topological polar surface area (TPSA) is 73.0 Å². The molecule has 5 heteroatoms. The zero-order chi connectivity index (χ0) is 18.4. The molecule has 4 rings (SSSR count). The van der Waals surface area contributed by atoms with Crippen LogP contribution in [0.3, 0.4) is 0 Å². The number of hydrogen-bond acceptors (Lipinski definition) is 3. The molecule has 26 heavy (non-hydrogen) atoms. The smallest absolute Gasteiger partial charge is 0.240 e. The Balaban J connectivity index is 1.90. The third-order valence-corrected chi connectivity index (χ3v) is 6.84. The van der Waals surface area contributed by atoms with Gasteiger partial charge in [-0.1, -0.05) is 42.7 Å². The van der Waals surface area contributed by atoms with Crippen molar-refractivity contribution in [3.63, 3.8) is 0 Å². The van der Waals surface area contributed by atoms with Gasteiger partial charge < -0.3 is 0 Å². The van der Waals surface area contributed by atoms with E-state index < -0.39 is 10.0 Å². The molecule has 0 radical (unpaired) electrons. The highest BCUT2D eigenvalue weighted by Gasteiger charge is 2.42. The van der Waals surface area contributed by atoms with Crippen molar-refractivity contribution in [2.24, 2.45) is 10.6 Å². The number of pyridine rings is 1. The van der Waals surface area contributed by atoms with Gasteiger partial charge in [0.15, 0.2) is 0 Å². The Bertz CT molecular complexity index is 969. The largest absolute Gasteiger partial charge is 0.255 e. The van der Waals surface area contributed by atoms with Gasteiger partial charge in [0.2, 0.25) is 10.0 Å². The number of aromatic nitrogens is 1. The Hall–Kier alpha value is -1.98. The summed E-state index contributed by atoms with van der Waals surface area (Å²) in [5.41, 5.74) is 5.46. The Kier molecular flexibility index (Phi) is 4.24. The van der Waals surface area contributed by atoms with E-state index in [0.717, 1.165) is 18.4 Å². The molecule has 2 aromatic rings. The molecular weight excluding hydrogens is 344 g/mol. The minimum Gasteiger partial charge on any atom is -0.255 e. The average Bonchev–Trinajstić information content (AvgIpc) is 3.22. The summed E-state index contributed by atoms with van der Waals surface area (Å²) in [4.78, 5) is 4.59. The number of primary sulfonamides is 1. The molecule has 0 saturated heterocycles. The fourth-order valence-electron chi connectivity index (χ4n) is 4.61. The van der Waals surface area contributed by atoms with Crippen LogP contribution in [0.5, 0.6) is 0 Å². The van der Waals surface area contributed by atoms with Crippen molar-refractivity contribution in [3.8, 4) is 0 Å². The molecule has 4 nitrogen and oxygen atoms in total. The van der Waals surface area contributed by atoms with Gasteiger partial charge >= 0.3 is 0 Å². The lowest BCUT2D eigenvalue weighted by atomic mass is 9.81. The van der Waals surface area contributed by atoms with Gasteiger partial charge in [-0.05, 0) is 66.9 Å². The maximum atomic E-state index is 12.1. The molecule has 1 saturated carbocycles. The lowest BCUT2D eigenvalue weighted by Gasteiger charge is -2.23. The maximum Gasteiger partial charge on any atom is 0.240 e. The number of sulfonamides is 1. The van der Waals surface area contributed by atoms with E-state index in [4.69, 9.17) is 5.14 Å². The van der Waals surface area contributed by atoms with E-state index in [2.05, 4.69) is 36.2 Å². The van der Waals surface area contributed by atoms with Gasteiger partial charge in [-0.25, -0.2) is 13.6 Å². The first-order valence-corrected chi connectivity index (χ1v) is 10.7. The number of nitrogens with zero attached hydrogens (tertiary/aromatic N) is 1. The molecule has 1 aromatic carbocycles. The van der Waals surface area contributed by atoms with Crippen LogP contribution in [0.2, 0.25) is 0 Å². The molecule has 1 spiro atoms. The van der Waals surface area contributed by atoms with Crippen molar-refractivity contribution in [1.82, 2.24) is 4.98 Å². The SMILES string of the molecule is Cc1ccc(C2=C(c3ncccc3S(N)(=O)=O)CC3(CCCC3)C2)cc1. The molecule has 2 aliphatic carbocycles. The van der Waals surface area contributed by atoms with Gasteiger partial charge in [-0.15, -0.1) is 0 Å². The van der Waals surface area contributed by atoms with Crippen molar-refractivity contribution in [3.05, 3.63) is 59.4 Å². The number of nitrogens with two attached hydrogens (primary N) is 1. The second-order valence-corrected chi connectivity index (χ2v) is 9.31. The van der Waals surface area contributed by atoms with Crippen molar-refractivity contribution in [2.45, 2.75) is 50.3 Å². The lowest BCUT2D eigenvalue weighted by Crippen LogP contribution is -2.16. The summed E-state index contributed by atoms with van der Waals surface area (Å²) in [5.74, 6) is 0. The van der Waals surface area contributed by atoms with Crippen LogP contribution >= 0.6 is 0 Å². The van der Waals surface area contributed by atoms with E-state index >= 15 is 0 Å². The zero-order valence-corrected chi connectivity index (χ0v) is 15.8. The molecule has 0 bridgehead atoms. The minimum atomic E-state index is -3.81. The summed E-state index contributed by atoms with van der Waals surface area (Å²) in [7, 11) is -3.81. The standard InChI is InChI=1S/C21H24N2O2S/c1-15-6-8-16(9-7-15)17-13-21(10-2-3-11-21)14-18(17)20-19(26(22,24)25)5-4-12-23-20/h4-9,12H,2-3,10-11,13-14H2,1H3,(H2,22,24,25). The molecule has 0 atom stereocenters. The van der Waals surface area contributed by atoms with Crippen LogP contribution in [0.15, 0.2) is 47.5 Å². The third kappa shape index (κ3) is 3.10. The molecule has 2 aliphatic rings. The predicted octanol–water partition coefficient (Wildman–Crippen LogP) is 4.30. The Morgan fingerprint density at radius 1 is 1.00 bits per heavy atom. The number of benzene rings is 1. The zero-order valence-electron chi connectivity index (χ0n) is 15.0. The normalized spacial score (nSPS) is 19.5. The predicted molar refractivity (Wildman–Crippen MR) is 104 cm³/mol. The van der Waals surface area contributed by atoms with Crippen molar-refractivity contribution in [1.29, 1.82) is 0 Å². The van der Waals surface area contributed by atoms with Crippen LogP contribution in [0, 0.1) is 12.3 Å². The van der Waals surface area contributed by atoms with Gasteiger partial charge in [-0.2, -0.15) is 0 Å². The van der Waals surface area contributed by atoms with Crippen LogP contribution in [0.1, 0.15) is 55.3 Å². The van der Waals surface area contributed by atoms with Crippen LogP contribution in [-0.2, 0) is 10.0 Å². The van der Waals surface area contributed by atoms with Crippen LogP contribution in [-0.4, -0.2) is 13.4 Å². The summed E-state index contributed by atoms with van der Waals surface area (Å²) >= 11 is 0. The Morgan fingerprint density at radius 2 is 1.65 bits per heavy atom. The highest BCUT2D eigenvalue weighted by Crippen LogP contribution is 2.57. The molecular formula is C21H24N2O2S. The van der Waals surface area contributed by atoms with E-state index in [1.807, 2.05) is 0 Å². The molecule has 2 N–H and O–H groups in total. The van der Waals surface area contributed by atoms with Gasteiger partial charge in [0.25, 0.3) is 0 Å². The maximum absolute atomic E-state index is 12.1. The van der Waals surface area contributed by atoms with E-state index in [1.165, 1.54) is 42.4 Å². The number of aryl methyl sites for hydroxylation is 1. The second kappa shape index (κ2) is 6.32. The molecule has 136 valence electrons.